The Balaban J connectivity index is 2.30. The van der Waals surface area contributed by atoms with Crippen LogP contribution in [-0.4, -0.2) is 0 Å². The van der Waals surface area contributed by atoms with Crippen LogP contribution in [0.4, 0.5) is 5.69 Å². The number of nitrogens with one attached hydrogen (secondary N) is 1. The average molecular weight is 415 g/mol. The summed E-state index contributed by atoms with van der Waals surface area (Å²) in [5, 5.41) is 13.2. The summed E-state index contributed by atoms with van der Waals surface area (Å²) in [5.74, 6) is 0. The van der Waals surface area contributed by atoms with Gasteiger partial charge in [-0.05, 0) is 42.8 Å². The summed E-state index contributed by atoms with van der Waals surface area (Å²) in [6.07, 6.45) is 0. The van der Waals surface area contributed by atoms with Crippen molar-refractivity contribution < 1.29 is 0 Å². The van der Waals surface area contributed by atoms with Crippen LogP contribution in [0.2, 0.25) is 5.02 Å². The zero-order chi connectivity index (χ0) is 14.7. The van der Waals surface area contributed by atoms with E-state index in [9.17, 15) is 0 Å². The van der Waals surface area contributed by atoms with Gasteiger partial charge < -0.3 is 5.32 Å². The average Bonchev–Trinajstić information content (AvgIpc) is 2.38. The van der Waals surface area contributed by atoms with E-state index in [1.54, 1.807) is 6.07 Å². The molecule has 0 amide bonds. The standard InChI is InChI=1S/C15H11Br2ClN2/c1-9(13-5-4-11(16)6-14(13)18)20-15-7-12(17)3-2-10(15)8-19/h2-7,9,20H,1H3. The van der Waals surface area contributed by atoms with Crippen molar-refractivity contribution in [3.63, 3.8) is 0 Å². The lowest BCUT2D eigenvalue weighted by atomic mass is 10.1. The summed E-state index contributed by atoms with van der Waals surface area (Å²) in [6, 6.07) is 13.5. The van der Waals surface area contributed by atoms with Crippen molar-refractivity contribution in [1.82, 2.24) is 0 Å². The van der Waals surface area contributed by atoms with Crippen LogP contribution in [0, 0.1) is 11.3 Å². The fraction of sp³-hybridized carbons (Fsp3) is 0.133. The highest BCUT2D eigenvalue weighted by Gasteiger charge is 2.12. The zero-order valence-corrected chi connectivity index (χ0v) is 14.6. The molecule has 1 unspecified atom stereocenters. The molecule has 2 rings (SSSR count). The highest BCUT2D eigenvalue weighted by molar-refractivity contribution is 9.10. The van der Waals surface area contributed by atoms with Gasteiger partial charge in [-0.15, -0.1) is 0 Å². The summed E-state index contributed by atoms with van der Waals surface area (Å²) >= 11 is 13.1. The third-order valence-corrected chi connectivity index (χ3v) is 4.22. The molecule has 2 nitrogen and oxygen atoms in total. The molecule has 0 heterocycles. The van der Waals surface area contributed by atoms with Crippen LogP contribution >= 0.6 is 43.5 Å². The van der Waals surface area contributed by atoms with Crippen LogP contribution in [-0.2, 0) is 0 Å². The van der Waals surface area contributed by atoms with Gasteiger partial charge in [-0.3, -0.25) is 0 Å². The summed E-state index contributed by atoms with van der Waals surface area (Å²) in [6.45, 7) is 2.01. The lowest BCUT2D eigenvalue weighted by Gasteiger charge is -2.18. The summed E-state index contributed by atoms with van der Waals surface area (Å²) in [5.41, 5.74) is 2.38. The maximum absolute atomic E-state index is 9.15. The number of nitriles is 1. The van der Waals surface area contributed by atoms with E-state index in [0.29, 0.717) is 10.6 Å². The monoisotopic (exact) mass is 412 g/mol. The Hall–Kier alpha value is -1.02. The third-order valence-electron chi connectivity index (χ3n) is 2.90. The third kappa shape index (κ3) is 3.54. The fourth-order valence-electron chi connectivity index (χ4n) is 1.90. The van der Waals surface area contributed by atoms with Gasteiger partial charge in [0, 0.05) is 14.0 Å². The maximum Gasteiger partial charge on any atom is 0.101 e. The number of nitrogens with zero attached hydrogens (tertiary/aromatic N) is 1. The second-order valence-electron chi connectivity index (χ2n) is 4.33. The Morgan fingerprint density at radius 3 is 2.45 bits per heavy atom. The lowest BCUT2D eigenvalue weighted by Crippen LogP contribution is -2.08. The largest absolute Gasteiger partial charge is 0.377 e. The number of benzene rings is 2. The molecule has 0 fully saturated rings. The van der Waals surface area contributed by atoms with E-state index in [2.05, 4.69) is 43.2 Å². The summed E-state index contributed by atoms with van der Waals surface area (Å²) < 4.78 is 1.87. The molecule has 0 spiro atoms. The molecule has 0 saturated carbocycles. The second kappa shape index (κ2) is 6.62. The highest BCUT2D eigenvalue weighted by atomic mass is 79.9. The normalized spacial score (nSPS) is 11.8. The first-order valence-corrected chi connectivity index (χ1v) is 7.89. The molecule has 0 aromatic heterocycles. The van der Waals surface area contributed by atoms with Gasteiger partial charge >= 0.3 is 0 Å². The Morgan fingerprint density at radius 1 is 1.15 bits per heavy atom. The van der Waals surface area contributed by atoms with Crippen molar-refractivity contribution in [3.05, 3.63) is 61.5 Å². The van der Waals surface area contributed by atoms with Gasteiger partial charge in [0.25, 0.3) is 0 Å². The van der Waals surface area contributed by atoms with Crippen LogP contribution in [0.15, 0.2) is 45.3 Å². The second-order valence-corrected chi connectivity index (χ2v) is 6.57. The molecule has 20 heavy (non-hydrogen) atoms. The first-order valence-electron chi connectivity index (χ1n) is 5.92. The van der Waals surface area contributed by atoms with Crippen LogP contribution in [0.5, 0.6) is 0 Å². The molecule has 1 N–H and O–H groups in total. The van der Waals surface area contributed by atoms with Gasteiger partial charge in [0.1, 0.15) is 6.07 Å². The number of halogens is 3. The number of hydrogen-bond donors (Lipinski definition) is 1. The predicted molar refractivity (Wildman–Crippen MR) is 90.0 cm³/mol. The van der Waals surface area contributed by atoms with E-state index in [4.69, 9.17) is 16.9 Å². The van der Waals surface area contributed by atoms with Crippen molar-refractivity contribution in [2.24, 2.45) is 0 Å². The van der Waals surface area contributed by atoms with Gasteiger partial charge in [0.05, 0.1) is 17.3 Å². The minimum atomic E-state index is -0.00278. The molecule has 0 radical (unpaired) electrons. The first kappa shape index (κ1) is 15.4. The SMILES string of the molecule is CC(Nc1cc(Br)ccc1C#N)c1ccc(Br)cc1Cl. The molecular weight excluding hydrogens is 403 g/mol. The first-order chi connectivity index (χ1) is 9.51. The van der Waals surface area contributed by atoms with Crippen molar-refractivity contribution in [2.75, 3.05) is 5.32 Å². The lowest BCUT2D eigenvalue weighted by molar-refractivity contribution is 0.883. The topological polar surface area (TPSA) is 35.8 Å². The molecule has 0 aliphatic rings. The van der Waals surface area contributed by atoms with Gasteiger partial charge in [-0.1, -0.05) is 49.5 Å². The molecule has 2 aromatic rings. The molecule has 0 aliphatic heterocycles. The van der Waals surface area contributed by atoms with E-state index in [0.717, 1.165) is 20.2 Å². The maximum atomic E-state index is 9.15. The smallest absolute Gasteiger partial charge is 0.101 e. The molecule has 2 aromatic carbocycles. The predicted octanol–water partition coefficient (Wildman–Crippen LogP) is 5.91. The molecule has 102 valence electrons. The van der Waals surface area contributed by atoms with E-state index >= 15 is 0 Å². The fourth-order valence-corrected chi connectivity index (χ4v) is 3.10. The van der Waals surface area contributed by atoms with E-state index in [1.165, 1.54) is 0 Å². The van der Waals surface area contributed by atoms with Gasteiger partial charge in [-0.2, -0.15) is 5.26 Å². The van der Waals surface area contributed by atoms with Gasteiger partial charge in [0.2, 0.25) is 0 Å². The van der Waals surface area contributed by atoms with Crippen molar-refractivity contribution in [2.45, 2.75) is 13.0 Å². The van der Waals surface area contributed by atoms with Gasteiger partial charge in [-0.25, -0.2) is 0 Å². The highest BCUT2D eigenvalue weighted by Crippen LogP contribution is 2.30. The Morgan fingerprint density at radius 2 is 1.80 bits per heavy atom. The van der Waals surface area contributed by atoms with Crippen LogP contribution in [0.1, 0.15) is 24.1 Å². The van der Waals surface area contributed by atoms with Crippen molar-refractivity contribution in [3.8, 4) is 6.07 Å². The minimum absolute atomic E-state index is 0.00278. The summed E-state index contributed by atoms with van der Waals surface area (Å²) in [7, 11) is 0. The molecule has 5 heteroatoms. The molecule has 1 atom stereocenters. The Kier molecular flexibility index (Phi) is 5.09. The van der Waals surface area contributed by atoms with Crippen LogP contribution in [0.25, 0.3) is 0 Å². The number of hydrogen-bond acceptors (Lipinski definition) is 2. The molecule has 0 saturated heterocycles. The molecular formula is C15H11Br2ClN2. The Bertz CT molecular complexity index is 680. The minimum Gasteiger partial charge on any atom is -0.377 e. The molecule has 0 aliphatic carbocycles. The van der Waals surface area contributed by atoms with Gasteiger partial charge in [0.15, 0.2) is 0 Å². The summed E-state index contributed by atoms with van der Waals surface area (Å²) in [4.78, 5) is 0. The van der Waals surface area contributed by atoms with Crippen LogP contribution < -0.4 is 5.32 Å². The number of rotatable bonds is 3. The van der Waals surface area contributed by atoms with E-state index in [1.807, 2.05) is 37.3 Å². The molecule has 0 bridgehead atoms. The van der Waals surface area contributed by atoms with E-state index < -0.39 is 0 Å². The zero-order valence-electron chi connectivity index (χ0n) is 10.6. The Labute approximate surface area is 140 Å². The van der Waals surface area contributed by atoms with E-state index in [-0.39, 0.29) is 6.04 Å². The quantitative estimate of drug-likeness (QED) is 0.678. The van der Waals surface area contributed by atoms with Crippen molar-refractivity contribution >= 4 is 49.1 Å². The van der Waals surface area contributed by atoms with Crippen molar-refractivity contribution in [1.29, 1.82) is 5.26 Å². The number of anilines is 1. The van der Waals surface area contributed by atoms with Crippen LogP contribution in [0.3, 0.4) is 0 Å².